The number of sulfone groups is 1. The molecule has 190 valence electrons. The number of hydrogen-bond donors (Lipinski definition) is 2. The topological polar surface area (TPSA) is 110 Å². The molecule has 0 atom stereocenters. The smallest absolute Gasteiger partial charge is 0.242 e. The molecule has 0 aliphatic carbocycles. The van der Waals surface area contributed by atoms with Gasteiger partial charge in [0.1, 0.15) is 39.2 Å². The van der Waals surface area contributed by atoms with Gasteiger partial charge in [0.25, 0.3) is 0 Å². The van der Waals surface area contributed by atoms with E-state index in [1.54, 1.807) is 0 Å². The molecule has 0 aliphatic rings. The Morgan fingerprint density at radius 3 is 2.68 bits per heavy atom. The van der Waals surface area contributed by atoms with Gasteiger partial charge >= 0.3 is 0 Å². The van der Waals surface area contributed by atoms with Crippen LogP contribution in [-0.4, -0.2) is 42.0 Å². The van der Waals surface area contributed by atoms with E-state index in [1.807, 2.05) is 79.5 Å². The first-order valence-electron chi connectivity index (χ1n) is 11.8. The van der Waals surface area contributed by atoms with Crippen molar-refractivity contribution in [2.75, 3.05) is 23.9 Å². The summed E-state index contributed by atoms with van der Waals surface area (Å²) in [5, 5.41) is 4.17. The van der Waals surface area contributed by atoms with Crippen LogP contribution in [0.15, 0.2) is 67.3 Å². The Balaban J connectivity index is 1.31. The number of anilines is 2. The molecule has 5 rings (SSSR count). The zero-order valence-electron chi connectivity index (χ0n) is 20.9. The third-order valence-corrected chi connectivity index (χ3v) is 6.99. The van der Waals surface area contributed by atoms with Crippen molar-refractivity contribution in [3.05, 3.63) is 72.8 Å². The van der Waals surface area contributed by atoms with Gasteiger partial charge in [-0.3, -0.25) is 0 Å². The maximum atomic E-state index is 11.3. The zero-order chi connectivity index (χ0) is 26.0. The third-order valence-electron chi connectivity index (χ3n) is 5.96. The van der Waals surface area contributed by atoms with Crippen molar-refractivity contribution in [1.29, 1.82) is 0 Å². The van der Waals surface area contributed by atoms with Gasteiger partial charge in [0.2, 0.25) is 6.33 Å². The van der Waals surface area contributed by atoms with Gasteiger partial charge in [-0.1, -0.05) is 0 Å². The van der Waals surface area contributed by atoms with Gasteiger partial charge in [0.05, 0.1) is 24.9 Å². The Bertz CT molecular complexity index is 1700. The number of aromatic amines is 1. The minimum Gasteiger partial charge on any atom is -0.494 e. The fourth-order valence-corrected chi connectivity index (χ4v) is 4.72. The van der Waals surface area contributed by atoms with Gasteiger partial charge in [0, 0.05) is 23.4 Å². The largest absolute Gasteiger partial charge is 0.494 e. The number of H-pyrrole nitrogens is 1. The summed E-state index contributed by atoms with van der Waals surface area (Å²) < 4.78 is 36.6. The molecule has 0 amide bonds. The predicted octanol–water partition coefficient (Wildman–Crippen LogP) is 4.59. The molecule has 2 aromatic heterocycles. The number of benzene rings is 3. The van der Waals surface area contributed by atoms with E-state index in [0.717, 1.165) is 44.7 Å². The van der Waals surface area contributed by atoms with E-state index < -0.39 is 9.84 Å². The van der Waals surface area contributed by atoms with Crippen molar-refractivity contribution in [2.24, 2.45) is 7.05 Å². The summed E-state index contributed by atoms with van der Waals surface area (Å²) in [6, 6.07) is 17.4. The summed E-state index contributed by atoms with van der Waals surface area (Å²) in [6.07, 6.45) is 5.07. The third kappa shape index (κ3) is 5.80. The summed E-state index contributed by atoms with van der Waals surface area (Å²) in [5.41, 5.74) is 4.70. The molecule has 0 fully saturated rings. The van der Waals surface area contributed by atoms with E-state index in [4.69, 9.17) is 9.47 Å². The molecule has 0 saturated heterocycles. The van der Waals surface area contributed by atoms with Gasteiger partial charge < -0.3 is 14.8 Å². The Hall–Kier alpha value is -4.18. The number of aryl methyl sites for hydroxylation is 2. The molecule has 2 heterocycles. The van der Waals surface area contributed by atoms with Crippen LogP contribution >= 0.6 is 0 Å². The fourth-order valence-electron chi connectivity index (χ4n) is 4.08. The average Bonchev–Trinajstić information content (AvgIpc) is 3.23. The van der Waals surface area contributed by atoms with E-state index in [9.17, 15) is 8.42 Å². The maximum absolute atomic E-state index is 11.3. The predicted molar refractivity (Wildman–Crippen MR) is 143 cm³/mol. The summed E-state index contributed by atoms with van der Waals surface area (Å²) >= 11 is 0. The molecule has 37 heavy (non-hydrogen) atoms. The van der Waals surface area contributed by atoms with Crippen LogP contribution < -0.4 is 19.4 Å². The molecule has 10 heteroatoms. The molecular formula is C27H28N5O4S+. The monoisotopic (exact) mass is 518 g/mol. The quantitative estimate of drug-likeness (QED) is 0.217. The molecular weight excluding hydrogens is 490 g/mol. The van der Waals surface area contributed by atoms with E-state index in [0.29, 0.717) is 24.6 Å². The Morgan fingerprint density at radius 2 is 1.86 bits per heavy atom. The first-order valence-corrected chi connectivity index (χ1v) is 13.9. The number of rotatable bonds is 9. The number of nitrogens with zero attached hydrogens (tertiary/aromatic N) is 3. The first-order chi connectivity index (χ1) is 17.7. The van der Waals surface area contributed by atoms with E-state index in [1.165, 1.54) is 12.6 Å². The zero-order valence-corrected chi connectivity index (χ0v) is 21.7. The molecule has 9 nitrogen and oxygen atoms in total. The highest BCUT2D eigenvalue weighted by Crippen LogP contribution is 2.31. The lowest BCUT2D eigenvalue weighted by molar-refractivity contribution is -0.644. The van der Waals surface area contributed by atoms with Crippen molar-refractivity contribution in [3.8, 4) is 17.2 Å². The van der Waals surface area contributed by atoms with E-state index >= 15 is 0 Å². The minimum atomic E-state index is -3.01. The highest BCUT2D eigenvalue weighted by molar-refractivity contribution is 7.90. The maximum Gasteiger partial charge on any atom is 0.242 e. The lowest BCUT2D eigenvalue weighted by atomic mass is 10.2. The number of imidazole rings is 1. The normalized spacial score (nSPS) is 11.6. The summed E-state index contributed by atoms with van der Waals surface area (Å²) in [6.45, 7) is 2.30. The molecule has 0 spiro atoms. The molecule has 0 aliphatic heterocycles. The van der Waals surface area contributed by atoms with E-state index in [2.05, 4.69) is 20.3 Å². The highest BCUT2D eigenvalue weighted by Gasteiger charge is 2.11. The second-order valence-electron chi connectivity index (χ2n) is 9.00. The van der Waals surface area contributed by atoms with Gasteiger partial charge in [-0.05, 0) is 67.4 Å². The summed E-state index contributed by atoms with van der Waals surface area (Å²) in [7, 11) is -1.02. The fraction of sp³-hybridized carbons (Fsp3) is 0.222. The lowest BCUT2D eigenvalue weighted by Crippen LogP contribution is -2.24. The molecule has 0 saturated carbocycles. The molecule has 0 unspecified atom stereocenters. The van der Waals surface area contributed by atoms with Gasteiger partial charge in [-0.25, -0.2) is 27.9 Å². The van der Waals surface area contributed by atoms with Gasteiger partial charge in [0.15, 0.2) is 11.0 Å². The second-order valence-corrected chi connectivity index (χ2v) is 11.3. The standard InChI is InChI=1S/C27H27N5O4S/c1-18-13-19(5-10-26(18)36-21-7-9-25-24(15-21)30-17-32(25)2)31-27-22-14-20(6-8-23(22)28-16-29-27)35-11-4-12-37(3,33)34/h5-10,13-17H,4,11-12H2,1-3H3,(H,28,29,31)/p+1. The van der Waals surface area contributed by atoms with Gasteiger partial charge in [-0.2, -0.15) is 0 Å². The molecule has 0 bridgehead atoms. The molecule has 3 aromatic carbocycles. The summed E-state index contributed by atoms with van der Waals surface area (Å²) in [5.74, 6) is 2.88. The number of nitrogens with one attached hydrogen (secondary N) is 2. The number of fused-ring (bicyclic) bond motifs is 2. The van der Waals surface area contributed by atoms with Crippen molar-refractivity contribution < 1.29 is 22.5 Å². The van der Waals surface area contributed by atoms with Crippen molar-refractivity contribution in [1.82, 2.24) is 15.0 Å². The van der Waals surface area contributed by atoms with Crippen LogP contribution in [0, 0.1) is 6.92 Å². The van der Waals surface area contributed by atoms with Crippen LogP contribution in [0.3, 0.4) is 0 Å². The number of aromatic nitrogens is 4. The average molecular weight is 519 g/mol. The van der Waals surface area contributed by atoms with E-state index in [-0.39, 0.29) is 5.75 Å². The van der Waals surface area contributed by atoms with Crippen LogP contribution in [0.2, 0.25) is 0 Å². The first kappa shape index (κ1) is 24.5. The van der Waals surface area contributed by atoms with Crippen LogP contribution in [0.1, 0.15) is 12.0 Å². The second kappa shape index (κ2) is 10.1. The van der Waals surface area contributed by atoms with Crippen molar-refractivity contribution in [2.45, 2.75) is 13.3 Å². The van der Waals surface area contributed by atoms with Gasteiger partial charge in [-0.15, -0.1) is 0 Å². The van der Waals surface area contributed by atoms with Crippen LogP contribution in [-0.2, 0) is 16.9 Å². The highest BCUT2D eigenvalue weighted by atomic mass is 32.2. The number of hydrogen-bond acceptors (Lipinski definition) is 7. The Morgan fingerprint density at radius 1 is 1.03 bits per heavy atom. The van der Waals surface area contributed by atoms with Crippen molar-refractivity contribution in [3.63, 3.8) is 0 Å². The van der Waals surface area contributed by atoms with Crippen molar-refractivity contribution >= 4 is 43.3 Å². The Kier molecular flexibility index (Phi) is 6.66. The lowest BCUT2D eigenvalue weighted by Gasteiger charge is -2.13. The van der Waals surface area contributed by atoms with Crippen LogP contribution in [0.4, 0.5) is 11.5 Å². The Labute approximate surface area is 215 Å². The van der Waals surface area contributed by atoms with Crippen LogP contribution in [0.25, 0.3) is 21.9 Å². The summed E-state index contributed by atoms with van der Waals surface area (Å²) in [4.78, 5) is 12.0. The molecule has 5 aromatic rings. The minimum absolute atomic E-state index is 0.0921. The number of ether oxygens (including phenoxy) is 2. The molecule has 0 radical (unpaired) electrons. The van der Waals surface area contributed by atoms with Crippen LogP contribution in [0.5, 0.6) is 17.2 Å². The molecule has 2 N–H and O–H groups in total. The SMILES string of the molecule is Cc1cc(Nc2ncnc3ccc(OCCCS(C)(=O)=O)cc23)ccc1Oc1ccc2c(c1)[nH]c[n+]2C.